The molecule has 0 aliphatic carbocycles. The Balaban J connectivity index is 0.00000261. The number of hydrogen-bond donors (Lipinski definition) is 1. The third-order valence-electron chi connectivity index (χ3n) is 5.88. The molecule has 4 nitrogen and oxygen atoms in total. The predicted molar refractivity (Wildman–Crippen MR) is 112 cm³/mol. The molecule has 0 radical (unpaired) electrons. The van der Waals surface area contributed by atoms with Crippen LogP contribution in [-0.2, 0) is 11.2 Å². The summed E-state index contributed by atoms with van der Waals surface area (Å²) in [5.41, 5.74) is 1.97. The van der Waals surface area contributed by atoms with E-state index in [4.69, 9.17) is 0 Å². The van der Waals surface area contributed by atoms with Gasteiger partial charge in [-0.15, -0.1) is 12.4 Å². The average Bonchev–Trinajstić information content (AvgIpc) is 2.96. The number of carbonyl (C=O) groups is 2. The Morgan fingerprint density at radius 1 is 1.07 bits per heavy atom. The summed E-state index contributed by atoms with van der Waals surface area (Å²) >= 11 is 0. The fraction of sp³-hybridized carbons (Fsp3) is 0.636. The number of rotatable bonds is 7. The number of Topliss-reactive ketones (excluding diaryl/α,β-unsaturated/α-hetero) is 1. The molecule has 1 N–H and O–H groups in total. The molecule has 150 valence electrons. The fourth-order valence-electron chi connectivity index (χ4n) is 4.39. The molecule has 2 aliphatic rings. The molecule has 1 aromatic rings. The lowest BCUT2D eigenvalue weighted by Crippen LogP contribution is -2.48. The first-order chi connectivity index (χ1) is 12.4. The van der Waals surface area contributed by atoms with E-state index in [1.165, 1.54) is 18.4 Å². The van der Waals surface area contributed by atoms with E-state index in [1.54, 1.807) is 0 Å². The SMILES string of the molecule is CC(C)Cc1ccc(C(=O)CCC(=O)N(C)C2CC3CCC(C2)N3)cc1.Cl. The Hall–Kier alpha value is -1.39. The van der Waals surface area contributed by atoms with E-state index in [0.717, 1.165) is 19.3 Å². The molecule has 2 bridgehead atoms. The van der Waals surface area contributed by atoms with Gasteiger partial charge in [-0.3, -0.25) is 9.59 Å². The molecule has 1 aromatic carbocycles. The minimum Gasteiger partial charge on any atom is -0.343 e. The van der Waals surface area contributed by atoms with E-state index in [1.807, 2.05) is 36.2 Å². The second-order valence-corrected chi connectivity index (χ2v) is 8.49. The summed E-state index contributed by atoms with van der Waals surface area (Å²) in [6.07, 6.45) is 6.18. The number of hydrogen-bond acceptors (Lipinski definition) is 3. The summed E-state index contributed by atoms with van der Waals surface area (Å²) in [4.78, 5) is 26.8. The van der Waals surface area contributed by atoms with Crippen LogP contribution < -0.4 is 5.32 Å². The largest absolute Gasteiger partial charge is 0.343 e. The normalized spacial score (nSPS) is 23.8. The summed E-state index contributed by atoms with van der Waals surface area (Å²) in [5, 5.41) is 3.61. The number of nitrogens with zero attached hydrogens (tertiary/aromatic N) is 1. The van der Waals surface area contributed by atoms with Gasteiger partial charge in [0, 0.05) is 43.6 Å². The van der Waals surface area contributed by atoms with Crippen LogP contribution in [0.5, 0.6) is 0 Å². The van der Waals surface area contributed by atoms with Gasteiger partial charge in [-0.2, -0.15) is 0 Å². The van der Waals surface area contributed by atoms with Crippen molar-refractivity contribution in [1.82, 2.24) is 10.2 Å². The van der Waals surface area contributed by atoms with Crippen molar-refractivity contribution in [1.29, 1.82) is 0 Å². The van der Waals surface area contributed by atoms with Crippen molar-refractivity contribution in [2.45, 2.75) is 76.9 Å². The monoisotopic (exact) mass is 392 g/mol. The molecule has 2 heterocycles. The number of fused-ring (bicyclic) bond motifs is 2. The molecule has 2 unspecified atom stereocenters. The summed E-state index contributed by atoms with van der Waals surface area (Å²) in [6, 6.07) is 9.33. The fourth-order valence-corrected chi connectivity index (χ4v) is 4.39. The van der Waals surface area contributed by atoms with Crippen LogP contribution >= 0.6 is 12.4 Å². The average molecular weight is 393 g/mol. The van der Waals surface area contributed by atoms with Gasteiger partial charge in [-0.1, -0.05) is 38.1 Å². The van der Waals surface area contributed by atoms with Crippen LogP contribution in [0, 0.1) is 5.92 Å². The summed E-state index contributed by atoms with van der Waals surface area (Å²) in [6.45, 7) is 4.38. The van der Waals surface area contributed by atoms with Gasteiger partial charge in [0.05, 0.1) is 0 Å². The van der Waals surface area contributed by atoms with E-state index in [2.05, 4.69) is 19.2 Å². The van der Waals surface area contributed by atoms with Crippen LogP contribution in [0.15, 0.2) is 24.3 Å². The van der Waals surface area contributed by atoms with Gasteiger partial charge in [-0.05, 0) is 43.6 Å². The number of benzene rings is 1. The molecule has 5 heteroatoms. The molecule has 0 aromatic heterocycles. The number of amides is 1. The zero-order valence-corrected chi connectivity index (χ0v) is 17.6. The van der Waals surface area contributed by atoms with Crippen LogP contribution in [-0.4, -0.2) is 41.8 Å². The van der Waals surface area contributed by atoms with Crippen LogP contribution in [0.25, 0.3) is 0 Å². The lowest BCUT2D eigenvalue weighted by molar-refractivity contribution is -0.132. The molecular weight excluding hydrogens is 360 g/mol. The number of piperidine rings is 1. The second-order valence-electron chi connectivity index (χ2n) is 8.49. The smallest absolute Gasteiger partial charge is 0.223 e. The Bertz CT molecular complexity index is 632. The standard InChI is InChI=1S/C22H32N2O2.ClH/c1-15(2)12-16-4-6-17(7-5-16)21(25)10-11-22(26)24(3)20-13-18-8-9-19(14-20)23-18;/h4-7,15,18-20,23H,8-14H2,1-3H3;1H. The van der Waals surface area contributed by atoms with Crippen LogP contribution in [0.4, 0.5) is 0 Å². The van der Waals surface area contributed by atoms with Gasteiger partial charge < -0.3 is 10.2 Å². The van der Waals surface area contributed by atoms with Crippen molar-refractivity contribution >= 4 is 24.1 Å². The Morgan fingerprint density at radius 3 is 2.22 bits per heavy atom. The quantitative estimate of drug-likeness (QED) is 0.713. The molecule has 2 atom stereocenters. The first-order valence-electron chi connectivity index (χ1n) is 10.1. The first kappa shape index (κ1) is 21.9. The molecule has 2 fully saturated rings. The minimum atomic E-state index is 0. The van der Waals surface area contributed by atoms with Crippen molar-refractivity contribution in [2.24, 2.45) is 5.92 Å². The second kappa shape index (κ2) is 9.70. The lowest BCUT2D eigenvalue weighted by atomic mass is 9.97. The third-order valence-corrected chi connectivity index (χ3v) is 5.88. The maximum Gasteiger partial charge on any atom is 0.223 e. The van der Waals surface area contributed by atoms with Gasteiger partial charge >= 0.3 is 0 Å². The van der Waals surface area contributed by atoms with Crippen molar-refractivity contribution in [2.75, 3.05) is 7.05 Å². The Morgan fingerprint density at radius 2 is 1.67 bits per heavy atom. The summed E-state index contributed by atoms with van der Waals surface area (Å²) in [7, 11) is 1.91. The zero-order valence-electron chi connectivity index (χ0n) is 16.7. The molecule has 1 amide bonds. The number of nitrogens with one attached hydrogen (secondary N) is 1. The van der Waals surface area contributed by atoms with Crippen molar-refractivity contribution in [3.8, 4) is 0 Å². The highest BCUT2D eigenvalue weighted by Gasteiger charge is 2.36. The van der Waals surface area contributed by atoms with E-state index < -0.39 is 0 Å². The minimum absolute atomic E-state index is 0. The Labute approximate surface area is 169 Å². The Kier molecular flexibility index (Phi) is 7.87. The number of ketones is 1. The van der Waals surface area contributed by atoms with Gasteiger partial charge in [0.25, 0.3) is 0 Å². The van der Waals surface area contributed by atoms with Crippen molar-refractivity contribution in [3.63, 3.8) is 0 Å². The van der Waals surface area contributed by atoms with Crippen LogP contribution in [0.3, 0.4) is 0 Å². The summed E-state index contributed by atoms with van der Waals surface area (Å²) < 4.78 is 0. The van der Waals surface area contributed by atoms with Gasteiger partial charge in [-0.25, -0.2) is 0 Å². The maximum absolute atomic E-state index is 12.5. The van der Waals surface area contributed by atoms with Crippen molar-refractivity contribution < 1.29 is 9.59 Å². The molecule has 3 rings (SSSR count). The van der Waals surface area contributed by atoms with E-state index in [0.29, 0.717) is 42.4 Å². The third kappa shape index (κ3) is 5.79. The first-order valence-corrected chi connectivity index (χ1v) is 10.1. The van der Waals surface area contributed by atoms with Crippen LogP contribution in [0.1, 0.15) is 68.3 Å². The summed E-state index contributed by atoms with van der Waals surface area (Å²) in [5.74, 6) is 0.768. The molecular formula is C22H33ClN2O2. The number of halogens is 1. The van der Waals surface area contributed by atoms with E-state index >= 15 is 0 Å². The predicted octanol–water partition coefficient (Wildman–Crippen LogP) is 4.01. The van der Waals surface area contributed by atoms with Crippen molar-refractivity contribution in [3.05, 3.63) is 35.4 Å². The molecule has 2 saturated heterocycles. The van der Waals surface area contributed by atoms with Gasteiger partial charge in [0.2, 0.25) is 5.91 Å². The van der Waals surface area contributed by atoms with Gasteiger partial charge in [0.1, 0.15) is 0 Å². The lowest BCUT2D eigenvalue weighted by Gasteiger charge is -2.35. The van der Waals surface area contributed by atoms with Gasteiger partial charge in [0.15, 0.2) is 5.78 Å². The highest BCUT2D eigenvalue weighted by Crippen LogP contribution is 2.29. The topological polar surface area (TPSA) is 49.4 Å². The highest BCUT2D eigenvalue weighted by molar-refractivity contribution is 5.98. The van der Waals surface area contributed by atoms with E-state index in [-0.39, 0.29) is 24.1 Å². The maximum atomic E-state index is 12.5. The number of carbonyl (C=O) groups excluding carboxylic acids is 2. The van der Waals surface area contributed by atoms with E-state index in [9.17, 15) is 9.59 Å². The molecule has 0 saturated carbocycles. The molecule has 27 heavy (non-hydrogen) atoms. The van der Waals surface area contributed by atoms with Crippen LogP contribution in [0.2, 0.25) is 0 Å². The molecule has 2 aliphatic heterocycles. The highest BCUT2D eigenvalue weighted by atomic mass is 35.5. The molecule has 0 spiro atoms. The zero-order chi connectivity index (χ0) is 18.7.